The third-order valence-corrected chi connectivity index (χ3v) is 7.77. The second-order valence-electron chi connectivity index (χ2n) is 7.95. The third-order valence-electron chi connectivity index (χ3n) is 5.41. The van der Waals surface area contributed by atoms with E-state index in [-0.39, 0.29) is 16.5 Å². The van der Waals surface area contributed by atoms with Gasteiger partial charge >= 0.3 is 0 Å². The zero-order valence-corrected chi connectivity index (χ0v) is 20.3. The molecular weight excluding hydrogens is 480 g/mol. The largest absolute Gasteiger partial charge is 0.316 e. The van der Waals surface area contributed by atoms with E-state index in [1.807, 2.05) is 32.4 Å². The predicted octanol–water partition coefficient (Wildman–Crippen LogP) is 4.40. The molecule has 4 rings (SSSR count). The highest BCUT2D eigenvalue weighted by molar-refractivity contribution is 9.10. The Kier molecular flexibility index (Phi) is 5.21. The van der Waals surface area contributed by atoms with Crippen molar-refractivity contribution in [3.05, 3.63) is 68.8 Å². The average Bonchev–Trinajstić information content (AvgIpc) is 3.28. The molecule has 0 radical (unpaired) electrons. The SMILES string of the molecule is Cc1ccc(S(=O)(=O)n2c(-c3cnn(C(C)C)c3C)cc3c(Br)cn(C)c(=O)c32)cc1. The van der Waals surface area contributed by atoms with Gasteiger partial charge in [0.15, 0.2) is 0 Å². The molecule has 3 aromatic heterocycles. The van der Waals surface area contributed by atoms with E-state index in [2.05, 4.69) is 21.0 Å². The lowest BCUT2D eigenvalue weighted by molar-refractivity contribution is 0.519. The predicted molar refractivity (Wildman–Crippen MR) is 125 cm³/mol. The molecule has 0 bridgehead atoms. The highest BCUT2D eigenvalue weighted by Gasteiger charge is 2.28. The van der Waals surface area contributed by atoms with Crippen molar-refractivity contribution in [2.75, 3.05) is 0 Å². The van der Waals surface area contributed by atoms with E-state index in [9.17, 15) is 13.2 Å². The lowest BCUT2D eigenvalue weighted by atomic mass is 10.2. The molecule has 162 valence electrons. The fraction of sp³-hybridized carbons (Fsp3) is 0.273. The van der Waals surface area contributed by atoms with Crippen molar-refractivity contribution in [1.29, 1.82) is 0 Å². The number of hydrogen-bond acceptors (Lipinski definition) is 4. The average molecular weight is 503 g/mol. The van der Waals surface area contributed by atoms with Crippen LogP contribution in [0, 0.1) is 13.8 Å². The van der Waals surface area contributed by atoms with Crippen molar-refractivity contribution in [1.82, 2.24) is 18.3 Å². The monoisotopic (exact) mass is 502 g/mol. The molecule has 0 aliphatic carbocycles. The Labute approximate surface area is 189 Å². The van der Waals surface area contributed by atoms with Gasteiger partial charge < -0.3 is 4.57 Å². The molecule has 1 aromatic carbocycles. The summed E-state index contributed by atoms with van der Waals surface area (Å²) in [7, 11) is -2.45. The first-order chi connectivity index (χ1) is 14.5. The molecular formula is C22H23BrN4O3S. The second kappa shape index (κ2) is 7.49. The molecule has 0 fully saturated rings. The van der Waals surface area contributed by atoms with Crippen molar-refractivity contribution >= 4 is 36.9 Å². The molecule has 7 nitrogen and oxygen atoms in total. The van der Waals surface area contributed by atoms with Gasteiger partial charge in [-0.05, 0) is 61.8 Å². The Hall–Kier alpha value is -2.65. The number of benzene rings is 1. The Bertz CT molecular complexity index is 1480. The van der Waals surface area contributed by atoms with Gasteiger partial charge in [-0.2, -0.15) is 5.10 Å². The molecule has 0 N–H and O–H groups in total. The van der Waals surface area contributed by atoms with Gasteiger partial charge in [-0.15, -0.1) is 0 Å². The minimum Gasteiger partial charge on any atom is -0.316 e. The van der Waals surface area contributed by atoms with Gasteiger partial charge in [0.1, 0.15) is 5.52 Å². The van der Waals surface area contributed by atoms with E-state index >= 15 is 0 Å². The van der Waals surface area contributed by atoms with Gasteiger partial charge in [0.25, 0.3) is 15.6 Å². The number of nitrogens with zero attached hydrogens (tertiary/aromatic N) is 4. The number of halogens is 1. The summed E-state index contributed by atoms with van der Waals surface area (Å²) in [6.45, 7) is 7.81. The normalized spacial score (nSPS) is 12.2. The van der Waals surface area contributed by atoms with E-state index in [0.29, 0.717) is 21.1 Å². The maximum absolute atomic E-state index is 13.8. The lowest BCUT2D eigenvalue weighted by Gasteiger charge is -2.13. The molecule has 0 unspecified atom stereocenters. The quantitative estimate of drug-likeness (QED) is 0.414. The summed E-state index contributed by atoms with van der Waals surface area (Å²) >= 11 is 3.49. The smallest absolute Gasteiger partial charge is 0.275 e. The Morgan fingerprint density at radius 3 is 2.32 bits per heavy atom. The van der Waals surface area contributed by atoms with Gasteiger partial charge in [-0.3, -0.25) is 9.48 Å². The first kappa shape index (κ1) is 21.6. The second-order valence-corrected chi connectivity index (χ2v) is 10.6. The van der Waals surface area contributed by atoms with E-state index in [4.69, 9.17) is 0 Å². The van der Waals surface area contributed by atoms with Crippen LogP contribution >= 0.6 is 15.9 Å². The maximum Gasteiger partial charge on any atom is 0.275 e. The molecule has 0 saturated carbocycles. The summed E-state index contributed by atoms with van der Waals surface area (Å²) in [6, 6.07) is 8.46. The zero-order valence-electron chi connectivity index (χ0n) is 17.9. The standard InChI is InChI=1S/C22H23BrN4O3S/c1-13(2)26-15(4)18(11-24-26)20-10-17-19(23)12-25(5)22(28)21(17)27(20)31(29,30)16-8-6-14(3)7-9-16/h6-13H,1-5H3. The summed E-state index contributed by atoms with van der Waals surface area (Å²) in [4.78, 5) is 13.2. The molecule has 9 heteroatoms. The highest BCUT2D eigenvalue weighted by Crippen LogP contribution is 2.35. The highest BCUT2D eigenvalue weighted by atomic mass is 79.9. The van der Waals surface area contributed by atoms with Crippen LogP contribution in [-0.2, 0) is 17.1 Å². The Morgan fingerprint density at radius 1 is 1.10 bits per heavy atom. The molecule has 3 heterocycles. The number of rotatable bonds is 4. The first-order valence-electron chi connectivity index (χ1n) is 9.81. The first-order valence-corrected chi connectivity index (χ1v) is 12.0. The number of aromatic nitrogens is 4. The lowest BCUT2D eigenvalue weighted by Crippen LogP contribution is -2.23. The molecule has 0 aliphatic heterocycles. The number of hydrogen-bond donors (Lipinski definition) is 0. The molecule has 0 saturated heterocycles. The topological polar surface area (TPSA) is 78.9 Å². The van der Waals surface area contributed by atoms with Crippen LogP contribution in [-0.4, -0.2) is 26.7 Å². The molecule has 31 heavy (non-hydrogen) atoms. The summed E-state index contributed by atoms with van der Waals surface area (Å²) in [5.74, 6) is 0. The van der Waals surface area contributed by atoms with Crippen molar-refractivity contribution in [3.8, 4) is 11.3 Å². The summed E-state index contributed by atoms with van der Waals surface area (Å²) in [6.07, 6.45) is 3.30. The number of pyridine rings is 1. The Morgan fingerprint density at radius 2 is 1.74 bits per heavy atom. The van der Waals surface area contributed by atoms with Crippen molar-refractivity contribution in [3.63, 3.8) is 0 Å². The minimum absolute atomic E-state index is 0.101. The molecule has 4 aromatic rings. The van der Waals surface area contributed by atoms with Crippen molar-refractivity contribution in [2.24, 2.45) is 7.05 Å². The summed E-state index contributed by atoms with van der Waals surface area (Å²) in [5, 5.41) is 4.98. The van der Waals surface area contributed by atoms with E-state index < -0.39 is 15.6 Å². The van der Waals surface area contributed by atoms with Crippen LogP contribution in [0.25, 0.3) is 22.2 Å². The van der Waals surface area contributed by atoms with Gasteiger partial charge in [-0.25, -0.2) is 12.4 Å². The van der Waals surface area contributed by atoms with Crippen LogP contribution in [0.5, 0.6) is 0 Å². The Balaban J connectivity index is 2.16. The zero-order chi connectivity index (χ0) is 22.7. The van der Waals surface area contributed by atoms with Crippen LogP contribution in [0.2, 0.25) is 0 Å². The summed E-state index contributed by atoms with van der Waals surface area (Å²) < 4.78 is 32.6. The van der Waals surface area contributed by atoms with Gasteiger partial charge in [0.2, 0.25) is 0 Å². The summed E-state index contributed by atoms with van der Waals surface area (Å²) in [5.41, 5.74) is 2.55. The van der Waals surface area contributed by atoms with Crippen LogP contribution in [0.1, 0.15) is 31.1 Å². The van der Waals surface area contributed by atoms with Crippen LogP contribution in [0.3, 0.4) is 0 Å². The molecule has 0 spiro atoms. The maximum atomic E-state index is 13.8. The number of fused-ring (bicyclic) bond motifs is 1. The van der Waals surface area contributed by atoms with E-state index in [1.165, 1.54) is 4.57 Å². The van der Waals surface area contributed by atoms with Gasteiger partial charge in [0.05, 0.1) is 16.8 Å². The van der Waals surface area contributed by atoms with Crippen LogP contribution in [0.15, 0.2) is 56.9 Å². The third kappa shape index (κ3) is 3.36. The van der Waals surface area contributed by atoms with Crippen LogP contribution in [0.4, 0.5) is 0 Å². The molecule has 0 aliphatic rings. The van der Waals surface area contributed by atoms with Crippen molar-refractivity contribution < 1.29 is 8.42 Å². The fourth-order valence-electron chi connectivity index (χ4n) is 3.79. The van der Waals surface area contributed by atoms with E-state index in [1.54, 1.807) is 49.8 Å². The van der Waals surface area contributed by atoms with Gasteiger partial charge in [0, 0.05) is 40.4 Å². The van der Waals surface area contributed by atoms with Crippen LogP contribution < -0.4 is 5.56 Å². The number of aryl methyl sites for hydroxylation is 2. The molecule has 0 amide bonds. The fourth-order valence-corrected chi connectivity index (χ4v) is 5.92. The van der Waals surface area contributed by atoms with E-state index in [0.717, 1.165) is 15.2 Å². The minimum atomic E-state index is -4.06. The van der Waals surface area contributed by atoms with Gasteiger partial charge in [-0.1, -0.05) is 17.7 Å². The molecule has 0 atom stereocenters. The van der Waals surface area contributed by atoms with Crippen molar-refractivity contribution in [2.45, 2.75) is 38.6 Å².